The Bertz CT molecular complexity index is 1330. The molecule has 0 bridgehead atoms. The van der Waals surface area contributed by atoms with Gasteiger partial charge in [0.1, 0.15) is 13.2 Å². The molecule has 0 N–H and O–H groups in total. The zero-order chi connectivity index (χ0) is 47.9. The average molecular weight is 917 g/mol. The Kier molecular flexibility index (Phi) is 50.9. The van der Waals surface area contributed by atoms with Crippen LogP contribution in [0.2, 0.25) is 0 Å². The number of ether oxygens (including phenoxy) is 3. The molecule has 0 aromatic carbocycles. The number of rotatable bonds is 48. The number of hydrogen-bond donors (Lipinski definition) is 0. The Labute approximate surface area is 407 Å². The molecule has 0 aromatic rings. The highest BCUT2D eigenvalue weighted by Crippen LogP contribution is 2.14. The molecule has 1 atom stereocenters. The molecule has 0 aliphatic carbocycles. The summed E-state index contributed by atoms with van der Waals surface area (Å²) in [5, 5.41) is 0. The van der Waals surface area contributed by atoms with Gasteiger partial charge in [-0.15, -0.1) is 0 Å². The SMILES string of the molecule is CC/C=C\C/C=C\C/C=C\C/C=C\C/C=C\CCCCCC(=O)OCC(COC(=O)CCCCCC/C=C\CCCC)OC(=O)CCCCCCCCCCCC/C=C\C=C/CCCCC. The molecule has 0 aliphatic rings. The van der Waals surface area contributed by atoms with Crippen LogP contribution in [0.25, 0.3) is 0 Å². The van der Waals surface area contributed by atoms with E-state index in [1.807, 2.05) is 0 Å². The fourth-order valence-corrected chi connectivity index (χ4v) is 7.20. The van der Waals surface area contributed by atoms with Gasteiger partial charge in [-0.05, 0) is 109 Å². The minimum absolute atomic E-state index is 0.0963. The normalized spacial score (nSPS) is 12.8. The number of allylic oxidation sites excluding steroid dienone is 16. The predicted molar refractivity (Wildman–Crippen MR) is 284 cm³/mol. The molecule has 66 heavy (non-hydrogen) atoms. The number of carbonyl (C=O) groups is 3. The van der Waals surface area contributed by atoms with Crippen molar-refractivity contribution < 1.29 is 28.6 Å². The predicted octanol–water partition coefficient (Wildman–Crippen LogP) is 18.1. The monoisotopic (exact) mass is 917 g/mol. The van der Waals surface area contributed by atoms with Gasteiger partial charge in [-0.3, -0.25) is 14.4 Å². The van der Waals surface area contributed by atoms with Crippen molar-refractivity contribution in [2.75, 3.05) is 13.2 Å². The third-order valence-corrected chi connectivity index (χ3v) is 11.3. The highest BCUT2D eigenvalue weighted by atomic mass is 16.6. The highest BCUT2D eigenvalue weighted by molar-refractivity contribution is 5.71. The largest absolute Gasteiger partial charge is 0.462 e. The van der Waals surface area contributed by atoms with Crippen molar-refractivity contribution in [3.63, 3.8) is 0 Å². The van der Waals surface area contributed by atoms with Crippen molar-refractivity contribution in [2.45, 2.75) is 252 Å². The lowest BCUT2D eigenvalue weighted by Gasteiger charge is -2.18. The summed E-state index contributed by atoms with van der Waals surface area (Å²) >= 11 is 0. The Balaban J connectivity index is 4.41. The third kappa shape index (κ3) is 51.3. The second-order valence-electron chi connectivity index (χ2n) is 17.8. The first kappa shape index (κ1) is 62.3. The lowest BCUT2D eigenvalue weighted by molar-refractivity contribution is -0.167. The topological polar surface area (TPSA) is 78.9 Å². The molecule has 1 unspecified atom stereocenters. The number of unbranched alkanes of at least 4 members (excludes halogenated alkanes) is 22. The van der Waals surface area contributed by atoms with Crippen LogP contribution in [0.1, 0.15) is 245 Å². The van der Waals surface area contributed by atoms with Crippen molar-refractivity contribution in [1.29, 1.82) is 0 Å². The van der Waals surface area contributed by atoms with E-state index in [4.69, 9.17) is 14.2 Å². The average Bonchev–Trinajstić information content (AvgIpc) is 3.31. The second kappa shape index (κ2) is 53.9. The van der Waals surface area contributed by atoms with Crippen LogP contribution >= 0.6 is 0 Å². The van der Waals surface area contributed by atoms with Gasteiger partial charge in [0.05, 0.1) is 0 Å². The van der Waals surface area contributed by atoms with Crippen LogP contribution in [0.3, 0.4) is 0 Å². The molecule has 6 heteroatoms. The lowest BCUT2D eigenvalue weighted by atomic mass is 10.1. The van der Waals surface area contributed by atoms with Crippen molar-refractivity contribution >= 4 is 17.9 Å². The number of esters is 3. The van der Waals surface area contributed by atoms with Gasteiger partial charge < -0.3 is 14.2 Å². The maximum atomic E-state index is 12.8. The summed E-state index contributed by atoms with van der Waals surface area (Å²) in [6.07, 6.45) is 71.1. The van der Waals surface area contributed by atoms with Gasteiger partial charge in [0.25, 0.3) is 0 Å². The Morgan fingerprint density at radius 2 is 0.652 bits per heavy atom. The maximum Gasteiger partial charge on any atom is 0.306 e. The van der Waals surface area contributed by atoms with E-state index in [2.05, 4.69) is 118 Å². The molecule has 0 heterocycles. The van der Waals surface area contributed by atoms with Gasteiger partial charge in [0, 0.05) is 19.3 Å². The van der Waals surface area contributed by atoms with Crippen LogP contribution in [0, 0.1) is 0 Å². The summed E-state index contributed by atoms with van der Waals surface area (Å²) in [4.78, 5) is 38.0. The standard InChI is InChI=1S/C60H100O6/c1-4-7-10-13-16-19-22-24-26-28-30-32-34-36-38-41-44-47-50-53-59(62)65-56-57(55-64-58(61)52-49-46-43-40-21-18-15-12-9-6-3)66-60(63)54-51-48-45-42-39-37-35-33-31-29-27-25-23-20-17-14-11-8-5-2/h7,10,15-20,23-26,30,32,36,38,57H,4-6,8-9,11-14,21-22,27-29,31,33-35,37,39-56H2,1-3H3/b10-7-,18-15-,19-16-,20-17-,25-23-,26-24-,32-30-,38-36-. The lowest BCUT2D eigenvalue weighted by Crippen LogP contribution is -2.30. The molecule has 0 spiro atoms. The van der Waals surface area contributed by atoms with E-state index < -0.39 is 6.10 Å². The Hall–Kier alpha value is -3.67. The van der Waals surface area contributed by atoms with Crippen molar-refractivity contribution in [3.8, 4) is 0 Å². The molecule has 0 radical (unpaired) electrons. The molecule has 376 valence electrons. The Morgan fingerprint density at radius 3 is 1.09 bits per heavy atom. The van der Waals surface area contributed by atoms with E-state index in [1.165, 1.54) is 89.9 Å². The van der Waals surface area contributed by atoms with E-state index in [0.717, 1.165) is 116 Å². The summed E-state index contributed by atoms with van der Waals surface area (Å²) < 4.78 is 16.8. The highest BCUT2D eigenvalue weighted by Gasteiger charge is 2.19. The molecule has 0 saturated heterocycles. The summed E-state index contributed by atoms with van der Waals surface area (Å²) in [7, 11) is 0. The van der Waals surface area contributed by atoms with Crippen LogP contribution in [-0.2, 0) is 28.6 Å². The number of carbonyl (C=O) groups excluding carboxylic acids is 3. The molecule has 0 aliphatic heterocycles. The van der Waals surface area contributed by atoms with Crippen molar-refractivity contribution in [3.05, 3.63) is 97.2 Å². The maximum absolute atomic E-state index is 12.8. The zero-order valence-electron chi connectivity index (χ0n) is 42.9. The van der Waals surface area contributed by atoms with Gasteiger partial charge in [0.2, 0.25) is 0 Å². The molecule has 6 nitrogen and oxygen atoms in total. The minimum Gasteiger partial charge on any atom is -0.462 e. The third-order valence-electron chi connectivity index (χ3n) is 11.3. The quantitative estimate of drug-likeness (QED) is 0.0199. The van der Waals surface area contributed by atoms with E-state index in [1.54, 1.807) is 0 Å². The first-order chi connectivity index (χ1) is 32.5. The van der Waals surface area contributed by atoms with E-state index in [0.29, 0.717) is 19.3 Å². The molecule has 0 saturated carbocycles. The van der Waals surface area contributed by atoms with Crippen LogP contribution in [-0.4, -0.2) is 37.2 Å². The second-order valence-corrected chi connectivity index (χ2v) is 17.8. The van der Waals surface area contributed by atoms with E-state index in [9.17, 15) is 14.4 Å². The summed E-state index contributed by atoms with van der Waals surface area (Å²) in [6.45, 7) is 6.41. The molecule has 0 rings (SSSR count). The molecule has 0 fully saturated rings. The summed E-state index contributed by atoms with van der Waals surface area (Å²) in [5.41, 5.74) is 0. The van der Waals surface area contributed by atoms with Crippen molar-refractivity contribution in [1.82, 2.24) is 0 Å². The van der Waals surface area contributed by atoms with Crippen molar-refractivity contribution in [2.24, 2.45) is 0 Å². The van der Waals surface area contributed by atoms with Crippen LogP contribution < -0.4 is 0 Å². The van der Waals surface area contributed by atoms with E-state index in [-0.39, 0.29) is 31.1 Å². The Morgan fingerprint density at radius 1 is 0.333 bits per heavy atom. The molecule has 0 amide bonds. The van der Waals surface area contributed by atoms with Gasteiger partial charge in [-0.1, -0.05) is 214 Å². The van der Waals surface area contributed by atoms with Crippen LogP contribution in [0.4, 0.5) is 0 Å². The smallest absolute Gasteiger partial charge is 0.306 e. The van der Waals surface area contributed by atoms with Gasteiger partial charge >= 0.3 is 17.9 Å². The van der Waals surface area contributed by atoms with E-state index >= 15 is 0 Å². The van der Waals surface area contributed by atoms with Crippen LogP contribution in [0.15, 0.2) is 97.2 Å². The van der Waals surface area contributed by atoms with Gasteiger partial charge in [0.15, 0.2) is 6.10 Å². The number of hydrogen-bond acceptors (Lipinski definition) is 6. The fraction of sp³-hybridized carbons (Fsp3) is 0.683. The molecule has 0 aromatic heterocycles. The molecular formula is C60H100O6. The summed E-state index contributed by atoms with van der Waals surface area (Å²) in [6, 6.07) is 0. The first-order valence-electron chi connectivity index (χ1n) is 27.3. The first-order valence-corrected chi connectivity index (χ1v) is 27.3. The van der Waals surface area contributed by atoms with Crippen LogP contribution in [0.5, 0.6) is 0 Å². The van der Waals surface area contributed by atoms with Gasteiger partial charge in [-0.25, -0.2) is 0 Å². The van der Waals surface area contributed by atoms with Gasteiger partial charge in [-0.2, -0.15) is 0 Å². The summed E-state index contributed by atoms with van der Waals surface area (Å²) in [5.74, 6) is -0.947. The minimum atomic E-state index is -0.798. The fourth-order valence-electron chi connectivity index (χ4n) is 7.20. The zero-order valence-corrected chi connectivity index (χ0v) is 42.9. The molecular weight excluding hydrogens is 817 g/mol.